The normalized spacial score (nSPS) is 26.2. The molecule has 2 aliphatic rings. The quantitative estimate of drug-likeness (QED) is 0.769. The van der Waals surface area contributed by atoms with Crippen molar-refractivity contribution in [1.29, 1.82) is 0 Å². The smallest absolute Gasteiger partial charge is 0.312 e. The molecule has 0 fully saturated rings. The van der Waals surface area contributed by atoms with Crippen LogP contribution in [0.15, 0.2) is 34.3 Å². The Morgan fingerprint density at radius 3 is 2.81 bits per heavy atom. The van der Waals surface area contributed by atoms with E-state index in [0.29, 0.717) is 12.2 Å². The van der Waals surface area contributed by atoms with Crippen molar-refractivity contribution < 1.29 is 19.1 Å². The number of carbonyl (C=O) groups excluding carboxylic acids is 2. The first-order valence-electron chi connectivity index (χ1n) is 6.75. The summed E-state index contributed by atoms with van der Waals surface area (Å²) in [4.78, 5) is 24.0. The fraction of sp³-hybridized carbons (Fsp3) is 0.375. The van der Waals surface area contributed by atoms with E-state index in [9.17, 15) is 9.59 Å². The van der Waals surface area contributed by atoms with Crippen LogP contribution < -0.4 is 4.74 Å². The van der Waals surface area contributed by atoms with Gasteiger partial charge in [0.2, 0.25) is 0 Å². The van der Waals surface area contributed by atoms with Crippen LogP contribution >= 0.6 is 15.9 Å². The summed E-state index contributed by atoms with van der Waals surface area (Å²) in [6.45, 7) is 1.95. The van der Waals surface area contributed by atoms with Crippen LogP contribution in [-0.4, -0.2) is 25.5 Å². The van der Waals surface area contributed by atoms with Crippen molar-refractivity contribution in [2.75, 3.05) is 13.7 Å². The molecule has 4 nitrogen and oxygen atoms in total. The number of carbonyl (C=O) groups is 2. The first-order chi connectivity index (χ1) is 10.0. The number of ether oxygens (including phenoxy) is 2. The Hall–Kier alpha value is -1.62. The van der Waals surface area contributed by atoms with Gasteiger partial charge in [0.15, 0.2) is 5.78 Å². The predicted octanol–water partition coefficient (Wildman–Crippen LogP) is 2.86. The third-order valence-electron chi connectivity index (χ3n) is 4.20. The van der Waals surface area contributed by atoms with Gasteiger partial charge in [-0.05, 0) is 30.7 Å². The number of ketones is 1. The highest BCUT2D eigenvalue weighted by molar-refractivity contribution is 9.10. The average Bonchev–Trinajstić information content (AvgIpc) is 2.86. The molecule has 3 atom stereocenters. The maximum atomic E-state index is 12.0. The van der Waals surface area contributed by atoms with Gasteiger partial charge in [0.25, 0.3) is 0 Å². The molecule has 110 valence electrons. The highest BCUT2D eigenvalue weighted by Gasteiger charge is 2.46. The zero-order valence-corrected chi connectivity index (χ0v) is 13.3. The highest BCUT2D eigenvalue weighted by atomic mass is 79.9. The van der Waals surface area contributed by atoms with Crippen LogP contribution in [0.1, 0.15) is 18.4 Å². The highest BCUT2D eigenvalue weighted by Crippen LogP contribution is 2.50. The molecule has 0 aromatic heterocycles. The van der Waals surface area contributed by atoms with Gasteiger partial charge in [-0.25, -0.2) is 0 Å². The van der Waals surface area contributed by atoms with E-state index >= 15 is 0 Å². The Balaban J connectivity index is 2.10. The third kappa shape index (κ3) is 2.29. The van der Waals surface area contributed by atoms with Crippen molar-refractivity contribution in [1.82, 2.24) is 0 Å². The molecule has 0 bridgehead atoms. The van der Waals surface area contributed by atoms with Crippen molar-refractivity contribution in [3.05, 3.63) is 39.9 Å². The molecule has 0 amide bonds. The summed E-state index contributed by atoms with van der Waals surface area (Å²) in [5, 5.41) is 0. The van der Waals surface area contributed by atoms with Crippen LogP contribution in [0.2, 0.25) is 0 Å². The Kier molecular flexibility index (Phi) is 3.61. The number of methoxy groups -OCH3 is 1. The number of hydrogen-bond acceptors (Lipinski definition) is 4. The molecule has 1 aromatic rings. The zero-order valence-electron chi connectivity index (χ0n) is 11.8. The minimum atomic E-state index is -0.425. The summed E-state index contributed by atoms with van der Waals surface area (Å²) in [5.74, 6) is -0.165. The molecule has 1 aromatic carbocycles. The largest absolute Gasteiger partial charge is 0.493 e. The van der Waals surface area contributed by atoms with Gasteiger partial charge in [0, 0.05) is 21.9 Å². The molecule has 1 aliphatic carbocycles. The fourth-order valence-corrected chi connectivity index (χ4v) is 3.63. The van der Waals surface area contributed by atoms with Gasteiger partial charge >= 0.3 is 5.97 Å². The molecule has 0 spiro atoms. The first kappa shape index (κ1) is 14.3. The molecule has 1 aliphatic heterocycles. The van der Waals surface area contributed by atoms with Gasteiger partial charge in [-0.3, -0.25) is 9.59 Å². The van der Waals surface area contributed by atoms with Crippen molar-refractivity contribution in [2.24, 2.45) is 11.8 Å². The number of benzene rings is 1. The van der Waals surface area contributed by atoms with Crippen molar-refractivity contribution in [2.45, 2.75) is 12.8 Å². The minimum absolute atomic E-state index is 0.00997. The number of esters is 1. The van der Waals surface area contributed by atoms with E-state index in [1.165, 1.54) is 14.0 Å². The number of fused-ring (bicyclic) bond motifs is 3. The second kappa shape index (κ2) is 5.30. The van der Waals surface area contributed by atoms with Crippen LogP contribution in [0.4, 0.5) is 0 Å². The monoisotopic (exact) mass is 350 g/mol. The Labute approximate surface area is 131 Å². The van der Waals surface area contributed by atoms with Crippen LogP contribution in [0.25, 0.3) is 0 Å². The first-order valence-corrected chi connectivity index (χ1v) is 7.55. The Bertz CT molecular complexity index is 650. The predicted molar refractivity (Wildman–Crippen MR) is 80.1 cm³/mol. The zero-order chi connectivity index (χ0) is 15.1. The van der Waals surface area contributed by atoms with Gasteiger partial charge in [0.05, 0.1) is 19.6 Å². The molecule has 5 heteroatoms. The molecular formula is C16H15BrO4. The molecule has 0 unspecified atom stereocenters. The van der Waals surface area contributed by atoms with Crippen molar-refractivity contribution >= 4 is 27.7 Å². The lowest BCUT2D eigenvalue weighted by Gasteiger charge is -2.32. The summed E-state index contributed by atoms with van der Waals surface area (Å²) in [5.41, 5.74) is 1.63. The lowest BCUT2D eigenvalue weighted by atomic mass is 9.79. The third-order valence-corrected chi connectivity index (χ3v) is 4.69. The van der Waals surface area contributed by atoms with E-state index in [1.54, 1.807) is 6.08 Å². The van der Waals surface area contributed by atoms with Gasteiger partial charge in [-0.2, -0.15) is 0 Å². The summed E-state index contributed by atoms with van der Waals surface area (Å²) < 4.78 is 11.6. The van der Waals surface area contributed by atoms with Crippen LogP contribution in [0, 0.1) is 11.8 Å². The molecule has 0 N–H and O–H groups in total. The topological polar surface area (TPSA) is 52.6 Å². The van der Waals surface area contributed by atoms with Gasteiger partial charge in [-0.1, -0.05) is 22.0 Å². The lowest BCUT2D eigenvalue weighted by molar-refractivity contribution is -0.145. The summed E-state index contributed by atoms with van der Waals surface area (Å²) >= 11 is 3.45. The van der Waals surface area contributed by atoms with Crippen molar-refractivity contribution in [3.8, 4) is 5.75 Å². The second-order valence-electron chi connectivity index (χ2n) is 5.36. The van der Waals surface area contributed by atoms with E-state index in [1.807, 2.05) is 18.2 Å². The molecular weight excluding hydrogens is 336 g/mol. The Morgan fingerprint density at radius 1 is 1.38 bits per heavy atom. The fourth-order valence-electron chi connectivity index (χ4n) is 3.25. The lowest BCUT2D eigenvalue weighted by Crippen LogP contribution is -2.32. The van der Waals surface area contributed by atoms with E-state index in [4.69, 9.17) is 9.47 Å². The number of rotatable bonds is 2. The Morgan fingerprint density at radius 2 is 2.14 bits per heavy atom. The van der Waals surface area contributed by atoms with Gasteiger partial charge < -0.3 is 9.47 Å². The summed E-state index contributed by atoms with van der Waals surface area (Å²) in [6.07, 6.45) is 1.75. The number of Topliss-reactive ketones (excluding diaryl/α,β-unsaturated/α-hetero) is 1. The molecule has 3 rings (SSSR count). The van der Waals surface area contributed by atoms with Crippen LogP contribution in [0.3, 0.4) is 0 Å². The SMILES string of the molecule is COC(=O)[C@@H]1C=C(C(C)=O)[C@H]2c3cc(Br)ccc3OC[C@@H]12. The van der Waals surface area contributed by atoms with Crippen LogP contribution in [0.5, 0.6) is 5.75 Å². The van der Waals surface area contributed by atoms with E-state index in [-0.39, 0.29) is 23.6 Å². The minimum Gasteiger partial charge on any atom is -0.493 e. The molecule has 0 saturated heterocycles. The molecule has 21 heavy (non-hydrogen) atoms. The standard InChI is InChI=1S/C16H15BrO4/c1-8(18)10-6-11(16(19)20-2)13-7-21-14-4-3-9(17)5-12(14)15(10)13/h3-6,11,13,15H,7H2,1-2H3/t11-,13+,15+/m1/s1. The maximum absolute atomic E-state index is 12.0. The summed E-state index contributed by atoms with van der Waals surface area (Å²) in [6, 6.07) is 5.75. The van der Waals surface area contributed by atoms with E-state index in [0.717, 1.165) is 15.8 Å². The average molecular weight is 351 g/mol. The van der Waals surface area contributed by atoms with Gasteiger partial charge in [-0.15, -0.1) is 0 Å². The maximum Gasteiger partial charge on any atom is 0.312 e. The van der Waals surface area contributed by atoms with E-state index in [2.05, 4.69) is 15.9 Å². The number of allylic oxidation sites excluding steroid dienone is 1. The number of halogens is 1. The van der Waals surface area contributed by atoms with Crippen molar-refractivity contribution in [3.63, 3.8) is 0 Å². The van der Waals surface area contributed by atoms with Gasteiger partial charge in [0.1, 0.15) is 5.75 Å². The number of hydrogen-bond donors (Lipinski definition) is 0. The molecule has 1 heterocycles. The van der Waals surface area contributed by atoms with Crippen LogP contribution in [-0.2, 0) is 14.3 Å². The van der Waals surface area contributed by atoms with E-state index < -0.39 is 5.92 Å². The molecule has 0 saturated carbocycles. The summed E-state index contributed by atoms with van der Waals surface area (Å²) in [7, 11) is 1.37. The second-order valence-corrected chi connectivity index (χ2v) is 6.28. The molecule has 0 radical (unpaired) electrons.